The van der Waals surface area contributed by atoms with E-state index < -0.39 is 34.2 Å². The summed E-state index contributed by atoms with van der Waals surface area (Å²) in [7, 11) is -3.96. The van der Waals surface area contributed by atoms with Gasteiger partial charge in [-0.1, -0.05) is 18.2 Å². The summed E-state index contributed by atoms with van der Waals surface area (Å²) in [4.78, 5) is 24.0. The summed E-state index contributed by atoms with van der Waals surface area (Å²) in [5.74, 6) is -1.07. The molecule has 0 unspecified atom stereocenters. The second-order valence-corrected chi connectivity index (χ2v) is 9.45. The molecular weight excluding hydrogens is 460 g/mol. The highest BCUT2D eigenvalue weighted by atomic mass is 32.2. The molecule has 0 bridgehead atoms. The lowest BCUT2D eigenvalue weighted by molar-refractivity contribution is -0.0501. The Balaban J connectivity index is 2.01. The Hall–Kier alpha value is -3.25. The molecule has 12 heteroatoms. The Morgan fingerprint density at radius 3 is 2.39 bits per heavy atom. The van der Waals surface area contributed by atoms with Gasteiger partial charge >= 0.3 is 12.7 Å². The number of para-hydroxylation sites is 1. The lowest BCUT2D eigenvalue weighted by Crippen LogP contribution is -2.37. The third-order valence-corrected chi connectivity index (χ3v) is 5.29. The van der Waals surface area contributed by atoms with Gasteiger partial charge in [0.2, 0.25) is 10.0 Å². The Labute approximate surface area is 190 Å². The van der Waals surface area contributed by atoms with Crippen molar-refractivity contribution in [3.05, 3.63) is 54.1 Å². The molecule has 0 saturated heterocycles. The van der Waals surface area contributed by atoms with Gasteiger partial charge in [0, 0.05) is 18.8 Å². The molecule has 2 aromatic rings. The van der Waals surface area contributed by atoms with Gasteiger partial charge in [-0.05, 0) is 51.1 Å². The second-order valence-electron chi connectivity index (χ2n) is 7.68. The standard InChI is InChI=1S/C21H25F2N3O6S/c1-21(2,3)32-20(28)24-11-12-25-33(29,30)15-8-6-7-14(13-15)26-18(27)16-9-4-5-10-17(16)31-19(22)23/h4-10,13,19,25H,11-12H2,1-3H3,(H,24,28)(H,26,27). The molecule has 2 rings (SSSR count). The first-order chi connectivity index (χ1) is 15.4. The van der Waals surface area contributed by atoms with Gasteiger partial charge in [-0.15, -0.1) is 0 Å². The van der Waals surface area contributed by atoms with Crippen molar-refractivity contribution >= 4 is 27.7 Å². The van der Waals surface area contributed by atoms with Crippen molar-refractivity contribution in [1.82, 2.24) is 10.0 Å². The lowest BCUT2D eigenvalue weighted by Gasteiger charge is -2.19. The van der Waals surface area contributed by atoms with Crippen LogP contribution in [-0.2, 0) is 14.8 Å². The minimum atomic E-state index is -3.96. The number of alkyl halides is 2. The van der Waals surface area contributed by atoms with Gasteiger partial charge < -0.3 is 20.1 Å². The average Bonchev–Trinajstić information content (AvgIpc) is 2.70. The molecule has 0 heterocycles. The van der Waals surface area contributed by atoms with Crippen molar-refractivity contribution in [3.8, 4) is 5.75 Å². The smallest absolute Gasteiger partial charge is 0.407 e. The number of anilines is 1. The highest BCUT2D eigenvalue weighted by molar-refractivity contribution is 7.89. The summed E-state index contributed by atoms with van der Waals surface area (Å²) in [6, 6.07) is 10.8. The van der Waals surface area contributed by atoms with Crippen LogP contribution < -0.4 is 20.1 Å². The minimum absolute atomic E-state index is 0.00844. The van der Waals surface area contributed by atoms with Crippen molar-refractivity contribution < 1.29 is 36.3 Å². The number of rotatable bonds is 9. The molecule has 0 atom stereocenters. The number of nitrogens with one attached hydrogen (secondary N) is 3. The van der Waals surface area contributed by atoms with E-state index >= 15 is 0 Å². The number of amides is 2. The number of hydrogen-bond acceptors (Lipinski definition) is 6. The third-order valence-electron chi connectivity index (χ3n) is 3.84. The molecule has 0 saturated carbocycles. The van der Waals surface area contributed by atoms with Crippen molar-refractivity contribution in [3.63, 3.8) is 0 Å². The molecule has 0 fully saturated rings. The van der Waals surface area contributed by atoms with E-state index in [4.69, 9.17) is 4.74 Å². The van der Waals surface area contributed by atoms with E-state index in [9.17, 15) is 26.8 Å². The fourth-order valence-corrected chi connectivity index (χ4v) is 3.62. The number of carbonyl (C=O) groups excluding carboxylic acids is 2. The van der Waals surface area contributed by atoms with Crippen LogP contribution in [0.4, 0.5) is 19.3 Å². The third kappa shape index (κ3) is 8.66. The molecule has 33 heavy (non-hydrogen) atoms. The predicted octanol–water partition coefficient (Wildman–Crippen LogP) is 3.34. The second kappa shape index (κ2) is 11.1. The zero-order chi connectivity index (χ0) is 24.6. The molecule has 0 aliphatic carbocycles. The fourth-order valence-electron chi connectivity index (χ4n) is 2.54. The van der Waals surface area contributed by atoms with Gasteiger partial charge in [0.25, 0.3) is 5.91 Å². The number of ether oxygens (including phenoxy) is 2. The average molecular weight is 486 g/mol. The molecule has 9 nitrogen and oxygen atoms in total. The van der Waals surface area contributed by atoms with Crippen molar-refractivity contribution in [2.24, 2.45) is 0 Å². The van der Waals surface area contributed by atoms with Crippen LogP contribution in [0.5, 0.6) is 5.75 Å². The summed E-state index contributed by atoms with van der Waals surface area (Å²) in [6.07, 6.45) is -0.678. The summed E-state index contributed by atoms with van der Waals surface area (Å²) in [5, 5.41) is 4.89. The Morgan fingerprint density at radius 2 is 1.73 bits per heavy atom. The van der Waals surface area contributed by atoms with E-state index in [1.165, 1.54) is 48.5 Å². The maximum atomic E-state index is 12.6. The highest BCUT2D eigenvalue weighted by Gasteiger charge is 2.19. The van der Waals surface area contributed by atoms with Crippen molar-refractivity contribution in [1.29, 1.82) is 0 Å². The maximum Gasteiger partial charge on any atom is 0.407 e. The van der Waals surface area contributed by atoms with Crippen LogP contribution in [0.3, 0.4) is 0 Å². The normalized spacial score (nSPS) is 11.7. The minimum Gasteiger partial charge on any atom is -0.444 e. The van der Waals surface area contributed by atoms with E-state index in [1.54, 1.807) is 20.8 Å². The van der Waals surface area contributed by atoms with E-state index in [-0.39, 0.29) is 35.0 Å². The summed E-state index contributed by atoms with van der Waals surface area (Å²) in [6.45, 7) is 1.88. The van der Waals surface area contributed by atoms with Crippen LogP contribution in [0, 0.1) is 0 Å². The maximum absolute atomic E-state index is 12.6. The zero-order valence-corrected chi connectivity index (χ0v) is 19.0. The number of carbonyl (C=O) groups is 2. The molecule has 0 spiro atoms. The van der Waals surface area contributed by atoms with Crippen LogP contribution in [0.2, 0.25) is 0 Å². The largest absolute Gasteiger partial charge is 0.444 e. The topological polar surface area (TPSA) is 123 Å². The van der Waals surface area contributed by atoms with Crippen molar-refractivity contribution in [2.75, 3.05) is 18.4 Å². The molecule has 0 aromatic heterocycles. The number of hydrogen-bond donors (Lipinski definition) is 3. The van der Waals surface area contributed by atoms with Crippen LogP contribution in [0.1, 0.15) is 31.1 Å². The molecule has 180 valence electrons. The quantitative estimate of drug-likeness (QED) is 0.468. The molecule has 0 aliphatic rings. The van der Waals surface area contributed by atoms with Crippen LogP contribution in [0.25, 0.3) is 0 Å². The zero-order valence-electron chi connectivity index (χ0n) is 18.2. The number of sulfonamides is 1. The molecule has 3 N–H and O–H groups in total. The number of alkyl carbamates (subject to hydrolysis) is 1. The first kappa shape index (κ1) is 26.0. The van der Waals surface area contributed by atoms with Crippen LogP contribution in [-0.4, -0.2) is 45.7 Å². The molecule has 2 amide bonds. The molecule has 0 radical (unpaired) electrons. The lowest BCUT2D eigenvalue weighted by atomic mass is 10.2. The fraction of sp³-hybridized carbons (Fsp3) is 0.333. The van der Waals surface area contributed by atoms with Gasteiger partial charge in [-0.25, -0.2) is 17.9 Å². The van der Waals surface area contributed by atoms with E-state index in [0.717, 1.165) is 0 Å². The molecule has 2 aromatic carbocycles. The van der Waals surface area contributed by atoms with Crippen LogP contribution >= 0.6 is 0 Å². The molecule has 0 aliphatic heterocycles. The number of halogens is 2. The van der Waals surface area contributed by atoms with Gasteiger partial charge in [0.15, 0.2) is 0 Å². The molecular formula is C21H25F2N3O6S. The first-order valence-corrected chi connectivity index (χ1v) is 11.3. The van der Waals surface area contributed by atoms with Gasteiger partial charge in [0.05, 0.1) is 10.5 Å². The van der Waals surface area contributed by atoms with Crippen molar-refractivity contribution in [2.45, 2.75) is 37.9 Å². The summed E-state index contributed by atoms with van der Waals surface area (Å²) in [5.41, 5.74) is -0.695. The number of benzene rings is 2. The monoisotopic (exact) mass is 485 g/mol. The van der Waals surface area contributed by atoms with Gasteiger partial charge in [-0.2, -0.15) is 8.78 Å². The summed E-state index contributed by atoms with van der Waals surface area (Å²) >= 11 is 0. The summed E-state index contributed by atoms with van der Waals surface area (Å²) < 4.78 is 61.9. The van der Waals surface area contributed by atoms with Crippen LogP contribution in [0.15, 0.2) is 53.4 Å². The Kier molecular flexibility index (Phi) is 8.71. The predicted molar refractivity (Wildman–Crippen MR) is 117 cm³/mol. The Morgan fingerprint density at radius 1 is 1.03 bits per heavy atom. The van der Waals surface area contributed by atoms with Gasteiger partial charge in [-0.3, -0.25) is 4.79 Å². The first-order valence-electron chi connectivity index (χ1n) is 9.79. The van der Waals surface area contributed by atoms with E-state index in [2.05, 4.69) is 20.1 Å². The van der Waals surface area contributed by atoms with Gasteiger partial charge in [0.1, 0.15) is 11.4 Å². The SMILES string of the molecule is CC(C)(C)OC(=O)NCCNS(=O)(=O)c1cccc(NC(=O)c2ccccc2OC(F)F)c1. The van der Waals surface area contributed by atoms with E-state index in [0.29, 0.717) is 0 Å². The Bertz CT molecular complexity index is 1090. The van der Waals surface area contributed by atoms with E-state index in [1.807, 2.05) is 0 Å². The highest BCUT2D eigenvalue weighted by Crippen LogP contribution is 2.22.